The van der Waals surface area contributed by atoms with Crippen LogP contribution in [0.5, 0.6) is 0 Å². The fourth-order valence-corrected chi connectivity index (χ4v) is 7.47. The minimum absolute atomic E-state index is 0.0249. The van der Waals surface area contributed by atoms with E-state index in [1.807, 2.05) is 0 Å². The first-order chi connectivity index (χ1) is 18.4. The molecular weight excluding hydrogens is 524 g/mol. The smallest absolute Gasteiger partial charge is 0.312 e. The number of hydrogen-bond donors (Lipinski definition) is 0. The van der Waals surface area contributed by atoms with Gasteiger partial charge in [0.2, 0.25) is 0 Å². The predicted molar refractivity (Wildman–Crippen MR) is 158 cm³/mol. The van der Waals surface area contributed by atoms with Crippen LogP contribution < -0.4 is 0 Å². The number of fused-ring (bicyclic) bond motifs is 1. The molecule has 0 spiro atoms. The molecular formula is C32H52O7Si. The van der Waals surface area contributed by atoms with Crippen LogP contribution in [0, 0.1) is 29.1 Å². The average molecular weight is 577 g/mol. The predicted octanol–water partition coefficient (Wildman–Crippen LogP) is 6.77. The Bertz CT molecular complexity index is 1010. The summed E-state index contributed by atoms with van der Waals surface area (Å²) in [6.45, 7) is 18.9. The van der Waals surface area contributed by atoms with Crippen LogP contribution in [0.25, 0.3) is 0 Å². The molecule has 7 atom stereocenters. The van der Waals surface area contributed by atoms with Crippen LogP contribution in [-0.2, 0) is 33.0 Å². The van der Waals surface area contributed by atoms with Gasteiger partial charge in [-0.25, -0.2) is 0 Å². The van der Waals surface area contributed by atoms with Crippen LogP contribution in [-0.4, -0.2) is 51.6 Å². The largest absolute Gasteiger partial charge is 0.469 e. The Kier molecular flexibility index (Phi) is 10.2. The van der Waals surface area contributed by atoms with E-state index in [9.17, 15) is 14.4 Å². The Hall–Kier alpha value is -1.93. The lowest BCUT2D eigenvalue weighted by molar-refractivity contribution is -0.168. The molecule has 0 unspecified atom stereocenters. The molecule has 0 amide bonds. The first-order valence-corrected chi connectivity index (χ1v) is 17.9. The van der Waals surface area contributed by atoms with Crippen LogP contribution in [0.15, 0.2) is 23.8 Å². The van der Waals surface area contributed by atoms with Gasteiger partial charge in [0.1, 0.15) is 12.2 Å². The second-order valence-electron chi connectivity index (χ2n) is 14.5. The monoisotopic (exact) mass is 576 g/mol. The zero-order chi connectivity index (χ0) is 30.0. The van der Waals surface area contributed by atoms with E-state index >= 15 is 0 Å². The molecule has 0 aromatic rings. The summed E-state index contributed by atoms with van der Waals surface area (Å²) in [6, 6.07) is 0. The van der Waals surface area contributed by atoms with Crippen molar-refractivity contribution in [3.05, 3.63) is 23.8 Å². The summed E-state index contributed by atoms with van der Waals surface area (Å²) in [7, 11) is -0.674. The minimum atomic E-state index is -2.00. The number of carbonyl (C=O) groups excluding carboxylic acids is 3. The van der Waals surface area contributed by atoms with Crippen molar-refractivity contribution < 1.29 is 33.0 Å². The molecule has 1 fully saturated rings. The van der Waals surface area contributed by atoms with Crippen molar-refractivity contribution in [1.29, 1.82) is 0 Å². The molecule has 0 N–H and O–H groups in total. The van der Waals surface area contributed by atoms with Gasteiger partial charge in [-0.3, -0.25) is 14.4 Å². The normalized spacial score (nSPS) is 31.1. The van der Waals surface area contributed by atoms with E-state index < -0.39 is 19.7 Å². The maximum absolute atomic E-state index is 13.3. The Labute approximate surface area is 242 Å². The van der Waals surface area contributed by atoms with Gasteiger partial charge in [-0.15, -0.1) is 0 Å². The Morgan fingerprint density at radius 3 is 2.38 bits per heavy atom. The highest BCUT2D eigenvalue weighted by Crippen LogP contribution is 2.46. The molecule has 2 aliphatic carbocycles. The number of allylic oxidation sites excluding steroid dienone is 3. The maximum atomic E-state index is 13.3. The number of cyclic esters (lactones) is 1. The molecule has 3 rings (SSSR count). The molecule has 8 heteroatoms. The summed E-state index contributed by atoms with van der Waals surface area (Å²) < 4.78 is 23.4. The third kappa shape index (κ3) is 7.87. The highest BCUT2D eigenvalue weighted by Gasteiger charge is 2.45. The van der Waals surface area contributed by atoms with Crippen LogP contribution in [0.1, 0.15) is 87.0 Å². The summed E-state index contributed by atoms with van der Waals surface area (Å²) in [4.78, 5) is 37.8. The van der Waals surface area contributed by atoms with E-state index in [2.05, 4.69) is 65.9 Å². The molecule has 226 valence electrons. The van der Waals surface area contributed by atoms with Gasteiger partial charge in [0.15, 0.2) is 8.32 Å². The van der Waals surface area contributed by atoms with Crippen molar-refractivity contribution in [2.24, 2.45) is 29.1 Å². The Balaban J connectivity index is 1.73. The van der Waals surface area contributed by atoms with Crippen molar-refractivity contribution in [2.45, 2.75) is 123 Å². The molecule has 0 saturated carbocycles. The number of carbonyl (C=O) groups is 3. The molecule has 40 heavy (non-hydrogen) atoms. The Morgan fingerprint density at radius 1 is 1.07 bits per heavy atom. The van der Waals surface area contributed by atoms with E-state index in [0.717, 1.165) is 25.7 Å². The number of hydrogen-bond acceptors (Lipinski definition) is 7. The van der Waals surface area contributed by atoms with Crippen molar-refractivity contribution in [3.8, 4) is 0 Å². The Morgan fingerprint density at radius 2 is 1.75 bits per heavy atom. The number of methoxy groups -OCH3 is 1. The summed E-state index contributed by atoms with van der Waals surface area (Å²) in [5, 5.41) is 0.0758. The molecule has 1 heterocycles. The second-order valence-corrected chi connectivity index (χ2v) is 19.3. The highest BCUT2D eigenvalue weighted by atomic mass is 28.4. The van der Waals surface area contributed by atoms with E-state index in [-0.39, 0.29) is 59.5 Å². The molecule has 3 aliphatic rings. The SMILES string of the molecule is COC(=O)CC(C)(C)C(=O)O[C@H]1C[C@@H](C)C=C2C=C[C@H](C)[C@H](CC[C@@H]3C[C@@H](O[Si](C)(C)C(C)(C)C)CC(=O)O3)[C@H]21. The topological polar surface area (TPSA) is 88.1 Å². The zero-order valence-corrected chi connectivity index (χ0v) is 27.4. The molecule has 0 aromatic carbocycles. The summed E-state index contributed by atoms with van der Waals surface area (Å²) >= 11 is 0. The second kappa shape index (κ2) is 12.5. The molecule has 0 radical (unpaired) electrons. The average Bonchev–Trinajstić information content (AvgIpc) is 2.81. The van der Waals surface area contributed by atoms with Gasteiger partial charge in [0.25, 0.3) is 0 Å². The fourth-order valence-electron chi connectivity index (χ4n) is 6.11. The number of ether oxygens (including phenoxy) is 3. The minimum Gasteiger partial charge on any atom is -0.469 e. The molecule has 1 saturated heterocycles. The van der Waals surface area contributed by atoms with Gasteiger partial charge in [-0.1, -0.05) is 52.8 Å². The van der Waals surface area contributed by atoms with Gasteiger partial charge < -0.3 is 18.6 Å². The molecule has 0 bridgehead atoms. The number of esters is 3. The van der Waals surface area contributed by atoms with E-state index in [4.69, 9.17) is 18.6 Å². The van der Waals surface area contributed by atoms with E-state index in [1.165, 1.54) is 12.7 Å². The zero-order valence-electron chi connectivity index (χ0n) is 26.4. The lowest BCUT2D eigenvalue weighted by Gasteiger charge is -2.44. The van der Waals surface area contributed by atoms with Crippen molar-refractivity contribution in [3.63, 3.8) is 0 Å². The van der Waals surface area contributed by atoms with Crippen LogP contribution in [0.3, 0.4) is 0 Å². The van der Waals surface area contributed by atoms with Gasteiger partial charge >= 0.3 is 17.9 Å². The summed E-state index contributed by atoms with van der Waals surface area (Å²) in [5.74, 6) is -0.104. The summed E-state index contributed by atoms with van der Waals surface area (Å²) in [6.07, 6.45) is 9.54. The van der Waals surface area contributed by atoms with Crippen LogP contribution in [0.4, 0.5) is 0 Å². The van der Waals surface area contributed by atoms with E-state index in [1.54, 1.807) is 13.8 Å². The lowest BCUT2D eigenvalue weighted by Crippen LogP contribution is -2.47. The molecule has 1 aliphatic heterocycles. The van der Waals surface area contributed by atoms with Gasteiger partial charge in [-0.05, 0) is 74.6 Å². The lowest BCUT2D eigenvalue weighted by atomic mass is 9.65. The quantitative estimate of drug-likeness (QED) is 0.170. The van der Waals surface area contributed by atoms with Crippen molar-refractivity contribution in [1.82, 2.24) is 0 Å². The van der Waals surface area contributed by atoms with Gasteiger partial charge in [0, 0.05) is 12.3 Å². The standard InChI is InChI=1S/C32H52O7Si/c1-20-15-22-12-11-21(2)25(29(22)26(16-20)38-30(35)32(6,7)19-28(34)36-8)14-13-23-17-24(18-27(33)37-23)39-40(9,10)31(3,4)5/h11-12,15,20-21,23-26,29H,13-14,16-19H2,1-10H3/t20-,21-,23+,24+,25-,26-,29-/m0/s1. The molecule has 0 aromatic heterocycles. The van der Waals surface area contributed by atoms with Gasteiger partial charge in [0.05, 0.1) is 31.5 Å². The number of rotatable bonds is 9. The van der Waals surface area contributed by atoms with Crippen LogP contribution in [0.2, 0.25) is 18.1 Å². The van der Waals surface area contributed by atoms with Crippen molar-refractivity contribution in [2.75, 3.05) is 7.11 Å². The summed E-state index contributed by atoms with van der Waals surface area (Å²) in [5.41, 5.74) is 0.240. The maximum Gasteiger partial charge on any atom is 0.312 e. The highest BCUT2D eigenvalue weighted by molar-refractivity contribution is 6.74. The molecule has 7 nitrogen and oxygen atoms in total. The van der Waals surface area contributed by atoms with Crippen molar-refractivity contribution >= 4 is 26.2 Å². The van der Waals surface area contributed by atoms with Crippen LogP contribution >= 0.6 is 0 Å². The third-order valence-corrected chi connectivity index (χ3v) is 14.1. The first-order valence-electron chi connectivity index (χ1n) is 15.0. The fraction of sp³-hybridized carbons (Fsp3) is 0.781. The third-order valence-electron chi connectivity index (χ3n) is 9.53. The van der Waals surface area contributed by atoms with Gasteiger partial charge in [-0.2, -0.15) is 0 Å². The first kappa shape index (κ1) is 32.6. The van der Waals surface area contributed by atoms with E-state index in [0.29, 0.717) is 12.3 Å².